The number of urea groups is 1. The van der Waals surface area contributed by atoms with Crippen LogP contribution in [0.3, 0.4) is 0 Å². The molecular formula is C13H25N3O3. The Morgan fingerprint density at radius 3 is 2.53 bits per heavy atom. The molecule has 1 aliphatic rings. The lowest BCUT2D eigenvalue weighted by Gasteiger charge is -2.39. The predicted octanol–water partition coefficient (Wildman–Crippen LogP) is 0.975. The standard InChI is InChI=1S/C13H25N3O3/c1-4-6-11(12(17)18)14-13(19)16-8-7-15(5-2)10(3)9-16/h10-11H,4-9H2,1-3H3,(H,14,19)(H,17,18)/t10?,11-/m0/s1. The fourth-order valence-corrected chi connectivity index (χ4v) is 2.44. The van der Waals surface area contributed by atoms with Gasteiger partial charge in [-0.05, 0) is 19.9 Å². The molecule has 6 nitrogen and oxygen atoms in total. The molecule has 1 rings (SSSR count). The van der Waals surface area contributed by atoms with Gasteiger partial charge in [-0.1, -0.05) is 20.3 Å². The summed E-state index contributed by atoms with van der Waals surface area (Å²) >= 11 is 0. The van der Waals surface area contributed by atoms with Crippen molar-refractivity contribution in [3.63, 3.8) is 0 Å². The number of rotatable bonds is 5. The molecule has 0 saturated carbocycles. The third-order valence-electron chi connectivity index (χ3n) is 3.63. The van der Waals surface area contributed by atoms with Gasteiger partial charge in [0.2, 0.25) is 0 Å². The number of aliphatic carboxylic acids is 1. The lowest BCUT2D eigenvalue weighted by atomic mass is 10.1. The number of carbonyl (C=O) groups excluding carboxylic acids is 1. The molecule has 2 amide bonds. The van der Waals surface area contributed by atoms with E-state index in [-0.39, 0.29) is 6.03 Å². The van der Waals surface area contributed by atoms with Crippen LogP contribution < -0.4 is 5.32 Å². The smallest absolute Gasteiger partial charge is 0.326 e. The molecule has 1 saturated heterocycles. The van der Waals surface area contributed by atoms with E-state index in [9.17, 15) is 9.59 Å². The van der Waals surface area contributed by atoms with Gasteiger partial charge in [-0.2, -0.15) is 0 Å². The van der Waals surface area contributed by atoms with E-state index in [1.807, 2.05) is 6.92 Å². The van der Waals surface area contributed by atoms with E-state index in [0.717, 1.165) is 19.5 Å². The van der Waals surface area contributed by atoms with Gasteiger partial charge in [0.15, 0.2) is 0 Å². The molecule has 0 aliphatic carbocycles. The largest absolute Gasteiger partial charge is 0.480 e. The van der Waals surface area contributed by atoms with E-state index in [4.69, 9.17) is 5.11 Å². The molecule has 0 aromatic carbocycles. The number of nitrogens with one attached hydrogen (secondary N) is 1. The van der Waals surface area contributed by atoms with Gasteiger partial charge in [-0.3, -0.25) is 4.90 Å². The van der Waals surface area contributed by atoms with E-state index in [2.05, 4.69) is 24.1 Å². The maximum atomic E-state index is 12.1. The molecule has 0 aromatic rings. The summed E-state index contributed by atoms with van der Waals surface area (Å²) in [4.78, 5) is 27.1. The first-order chi connectivity index (χ1) is 8.99. The normalized spacial score (nSPS) is 22.1. The van der Waals surface area contributed by atoms with Crippen molar-refractivity contribution in [2.24, 2.45) is 0 Å². The van der Waals surface area contributed by atoms with Gasteiger partial charge >= 0.3 is 12.0 Å². The molecule has 1 fully saturated rings. The average Bonchev–Trinajstić information content (AvgIpc) is 2.37. The van der Waals surface area contributed by atoms with E-state index in [0.29, 0.717) is 25.6 Å². The molecular weight excluding hydrogens is 246 g/mol. The molecule has 1 aliphatic heterocycles. The van der Waals surface area contributed by atoms with Crippen molar-refractivity contribution in [1.82, 2.24) is 15.1 Å². The molecule has 0 spiro atoms. The number of likely N-dealkylation sites (N-methyl/N-ethyl adjacent to an activating group) is 1. The van der Waals surface area contributed by atoms with Gasteiger partial charge in [0.05, 0.1) is 0 Å². The summed E-state index contributed by atoms with van der Waals surface area (Å²) in [5, 5.41) is 11.7. The fourth-order valence-electron chi connectivity index (χ4n) is 2.44. The number of hydrogen-bond acceptors (Lipinski definition) is 3. The van der Waals surface area contributed by atoms with Gasteiger partial charge in [-0.15, -0.1) is 0 Å². The Labute approximate surface area is 114 Å². The van der Waals surface area contributed by atoms with Gasteiger partial charge < -0.3 is 15.3 Å². The lowest BCUT2D eigenvalue weighted by Crippen LogP contribution is -2.57. The third kappa shape index (κ3) is 4.38. The summed E-state index contributed by atoms with van der Waals surface area (Å²) in [5.41, 5.74) is 0. The zero-order chi connectivity index (χ0) is 14.4. The molecule has 0 aromatic heterocycles. The number of carbonyl (C=O) groups is 2. The van der Waals surface area contributed by atoms with Crippen molar-refractivity contribution in [2.75, 3.05) is 26.2 Å². The van der Waals surface area contributed by atoms with Gasteiger partial charge in [-0.25, -0.2) is 9.59 Å². The second kappa shape index (κ2) is 7.33. The van der Waals surface area contributed by atoms with Crippen LogP contribution in [0.1, 0.15) is 33.6 Å². The van der Waals surface area contributed by atoms with Crippen LogP contribution in [0.2, 0.25) is 0 Å². The van der Waals surface area contributed by atoms with E-state index < -0.39 is 12.0 Å². The van der Waals surface area contributed by atoms with Crippen molar-refractivity contribution in [3.05, 3.63) is 0 Å². The Hall–Kier alpha value is -1.30. The minimum Gasteiger partial charge on any atom is -0.480 e. The van der Waals surface area contributed by atoms with Crippen LogP contribution >= 0.6 is 0 Å². The number of nitrogens with zero attached hydrogens (tertiary/aromatic N) is 2. The van der Waals surface area contributed by atoms with Gasteiger partial charge in [0.1, 0.15) is 6.04 Å². The zero-order valence-corrected chi connectivity index (χ0v) is 12.1. The van der Waals surface area contributed by atoms with Crippen molar-refractivity contribution >= 4 is 12.0 Å². The fraction of sp³-hybridized carbons (Fsp3) is 0.846. The molecule has 0 bridgehead atoms. The highest BCUT2D eigenvalue weighted by atomic mass is 16.4. The van der Waals surface area contributed by atoms with E-state index in [1.165, 1.54) is 0 Å². The lowest BCUT2D eigenvalue weighted by molar-refractivity contribution is -0.139. The molecule has 1 unspecified atom stereocenters. The predicted molar refractivity (Wildman–Crippen MR) is 73.1 cm³/mol. The first-order valence-corrected chi connectivity index (χ1v) is 7.01. The summed E-state index contributed by atoms with van der Waals surface area (Å²) in [6, 6.07) is -0.723. The summed E-state index contributed by atoms with van der Waals surface area (Å²) in [5.74, 6) is -0.963. The molecule has 2 N–H and O–H groups in total. The summed E-state index contributed by atoms with van der Waals surface area (Å²) in [6.07, 6.45) is 1.20. The zero-order valence-electron chi connectivity index (χ0n) is 12.1. The Morgan fingerprint density at radius 2 is 2.05 bits per heavy atom. The first-order valence-electron chi connectivity index (χ1n) is 7.01. The number of hydrogen-bond donors (Lipinski definition) is 2. The number of carboxylic acids is 1. The van der Waals surface area contributed by atoms with Crippen LogP contribution in [0.25, 0.3) is 0 Å². The highest BCUT2D eigenvalue weighted by molar-refractivity contribution is 5.82. The molecule has 6 heteroatoms. The summed E-state index contributed by atoms with van der Waals surface area (Å²) in [6.45, 7) is 9.23. The highest BCUT2D eigenvalue weighted by Gasteiger charge is 2.28. The SMILES string of the molecule is CCC[C@H](NC(=O)N1CCN(CC)C(C)C1)C(=O)O. The minimum atomic E-state index is -0.963. The van der Waals surface area contributed by atoms with Crippen LogP contribution in [-0.4, -0.2) is 65.2 Å². The number of piperazine rings is 1. The second-order valence-corrected chi connectivity index (χ2v) is 5.05. The van der Waals surface area contributed by atoms with Crippen molar-refractivity contribution < 1.29 is 14.7 Å². The highest BCUT2D eigenvalue weighted by Crippen LogP contribution is 2.09. The number of carboxylic acid groups (broad SMARTS) is 1. The Kier molecular flexibility index (Phi) is 6.08. The summed E-state index contributed by atoms with van der Waals surface area (Å²) < 4.78 is 0. The van der Waals surface area contributed by atoms with Crippen molar-refractivity contribution in [2.45, 2.75) is 45.7 Å². The van der Waals surface area contributed by atoms with Crippen LogP contribution in [-0.2, 0) is 4.79 Å². The topological polar surface area (TPSA) is 72.9 Å². The third-order valence-corrected chi connectivity index (χ3v) is 3.63. The monoisotopic (exact) mass is 271 g/mol. The quantitative estimate of drug-likeness (QED) is 0.781. The van der Waals surface area contributed by atoms with E-state index in [1.54, 1.807) is 4.90 Å². The Balaban J connectivity index is 2.51. The molecule has 110 valence electrons. The van der Waals surface area contributed by atoms with Crippen molar-refractivity contribution in [3.8, 4) is 0 Å². The maximum absolute atomic E-state index is 12.1. The van der Waals surface area contributed by atoms with Crippen molar-refractivity contribution in [1.29, 1.82) is 0 Å². The van der Waals surface area contributed by atoms with Crippen LogP contribution in [0.4, 0.5) is 4.79 Å². The summed E-state index contributed by atoms with van der Waals surface area (Å²) in [7, 11) is 0. The minimum absolute atomic E-state index is 0.261. The molecule has 1 heterocycles. The number of amides is 2. The van der Waals surface area contributed by atoms with Gasteiger partial charge in [0, 0.05) is 25.7 Å². The second-order valence-electron chi connectivity index (χ2n) is 5.05. The Morgan fingerprint density at radius 1 is 1.37 bits per heavy atom. The molecule has 0 radical (unpaired) electrons. The van der Waals surface area contributed by atoms with Crippen LogP contribution in [0, 0.1) is 0 Å². The van der Waals surface area contributed by atoms with Crippen LogP contribution in [0.15, 0.2) is 0 Å². The Bertz CT molecular complexity index is 322. The molecule has 2 atom stereocenters. The van der Waals surface area contributed by atoms with Crippen LogP contribution in [0.5, 0.6) is 0 Å². The van der Waals surface area contributed by atoms with Gasteiger partial charge in [0.25, 0.3) is 0 Å². The average molecular weight is 271 g/mol. The first kappa shape index (κ1) is 15.8. The molecule has 19 heavy (non-hydrogen) atoms. The maximum Gasteiger partial charge on any atom is 0.326 e. The van der Waals surface area contributed by atoms with E-state index >= 15 is 0 Å².